The number of benzene rings is 2. The molecule has 4 aromatic rings. The van der Waals surface area contributed by atoms with Crippen LogP contribution in [0.3, 0.4) is 0 Å². The molecule has 0 saturated heterocycles. The highest BCUT2D eigenvalue weighted by Gasteiger charge is 2.18. The minimum atomic E-state index is 0.203. The Morgan fingerprint density at radius 1 is 1.03 bits per heavy atom. The van der Waals surface area contributed by atoms with Crippen molar-refractivity contribution in [3.05, 3.63) is 70.9 Å². The van der Waals surface area contributed by atoms with Gasteiger partial charge in [-0.3, -0.25) is 4.57 Å². The number of halogens is 1. The fourth-order valence-corrected chi connectivity index (χ4v) is 3.75. The zero-order valence-corrected chi connectivity index (χ0v) is 17.9. The Morgan fingerprint density at radius 3 is 2.52 bits per heavy atom. The van der Waals surface area contributed by atoms with E-state index in [-0.39, 0.29) is 5.92 Å². The molecule has 4 rings (SSSR count). The van der Waals surface area contributed by atoms with E-state index in [0.29, 0.717) is 22.6 Å². The van der Waals surface area contributed by atoms with Gasteiger partial charge in [-0.05, 0) is 48.9 Å². The Morgan fingerprint density at radius 2 is 1.83 bits per heavy atom. The van der Waals surface area contributed by atoms with Gasteiger partial charge in [0.2, 0.25) is 11.8 Å². The first-order chi connectivity index (χ1) is 14.0. The van der Waals surface area contributed by atoms with E-state index >= 15 is 0 Å². The fraction of sp³-hybridized carbons (Fsp3) is 0.238. The lowest BCUT2D eigenvalue weighted by Crippen LogP contribution is -2.00. The minimum Gasteiger partial charge on any atom is -0.424 e. The van der Waals surface area contributed by atoms with Crippen LogP contribution in [-0.2, 0) is 5.75 Å². The molecular weight excluding hydrogens is 406 g/mol. The number of aryl methyl sites for hydroxylation is 1. The van der Waals surface area contributed by atoms with Crippen LogP contribution in [0, 0.1) is 6.92 Å². The van der Waals surface area contributed by atoms with Crippen molar-refractivity contribution < 1.29 is 4.42 Å². The van der Waals surface area contributed by atoms with Crippen LogP contribution in [0.1, 0.15) is 37.1 Å². The summed E-state index contributed by atoms with van der Waals surface area (Å²) in [6, 6.07) is 15.8. The molecule has 0 spiro atoms. The van der Waals surface area contributed by atoms with Gasteiger partial charge in [0, 0.05) is 22.2 Å². The molecular formula is C21H20ClN5OS. The fourth-order valence-electron chi connectivity index (χ4n) is 2.83. The van der Waals surface area contributed by atoms with Crippen LogP contribution < -0.4 is 0 Å². The molecule has 2 heterocycles. The SMILES string of the molecule is Cc1cccc(-n2c(SCc3nnc(C(C)C)o3)nnc2-c2ccc(Cl)cc2)c1. The van der Waals surface area contributed by atoms with Crippen LogP contribution in [0.4, 0.5) is 0 Å². The third-order valence-corrected chi connectivity index (χ3v) is 5.46. The van der Waals surface area contributed by atoms with E-state index in [1.807, 2.05) is 54.8 Å². The highest BCUT2D eigenvalue weighted by Crippen LogP contribution is 2.30. The zero-order chi connectivity index (χ0) is 20.4. The molecule has 0 atom stereocenters. The van der Waals surface area contributed by atoms with Crippen molar-refractivity contribution in [2.75, 3.05) is 0 Å². The monoisotopic (exact) mass is 425 g/mol. The van der Waals surface area contributed by atoms with Gasteiger partial charge in [-0.25, -0.2) is 0 Å². The summed E-state index contributed by atoms with van der Waals surface area (Å²) < 4.78 is 7.76. The Bertz CT molecular complexity index is 1120. The van der Waals surface area contributed by atoms with Gasteiger partial charge in [0.25, 0.3) is 0 Å². The van der Waals surface area contributed by atoms with Gasteiger partial charge in [-0.1, -0.05) is 49.3 Å². The van der Waals surface area contributed by atoms with Crippen molar-refractivity contribution in [2.24, 2.45) is 0 Å². The summed E-state index contributed by atoms with van der Waals surface area (Å²) in [5.74, 6) is 2.69. The van der Waals surface area contributed by atoms with Crippen molar-refractivity contribution >= 4 is 23.4 Å². The maximum atomic E-state index is 6.05. The molecule has 0 N–H and O–H groups in total. The highest BCUT2D eigenvalue weighted by atomic mass is 35.5. The summed E-state index contributed by atoms with van der Waals surface area (Å²) in [4.78, 5) is 0. The van der Waals surface area contributed by atoms with Crippen LogP contribution >= 0.6 is 23.4 Å². The standard InChI is InChI=1S/C21H20ClN5OS/c1-13(2)20-25-23-18(28-20)12-29-21-26-24-19(15-7-9-16(22)10-8-15)27(21)17-6-4-5-14(3)11-17/h4-11,13H,12H2,1-3H3. The van der Waals surface area contributed by atoms with E-state index in [1.54, 1.807) is 0 Å². The molecule has 0 saturated carbocycles. The lowest BCUT2D eigenvalue weighted by molar-refractivity contribution is 0.445. The van der Waals surface area contributed by atoms with E-state index in [9.17, 15) is 0 Å². The average Bonchev–Trinajstić information content (AvgIpc) is 3.34. The molecule has 0 aliphatic rings. The zero-order valence-electron chi connectivity index (χ0n) is 16.3. The number of aromatic nitrogens is 5. The highest BCUT2D eigenvalue weighted by molar-refractivity contribution is 7.98. The summed E-state index contributed by atoms with van der Waals surface area (Å²) in [7, 11) is 0. The summed E-state index contributed by atoms with van der Waals surface area (Å²) in [5, 5.41) is 18.5. The van der Waals surface area contributed by atoms with Gasteiger partial charge in [0.15, 0.2) is 11.0 Å². The van der Waals surface area contributed by atoms with Crippen LogP contribution in [0.25, 0.3) is 17.1 Å². The Balaban J connectivity index is 1.70. The average molecular weight is 426 g/mol. The molecule has 0 unspecified atom stereocenters. The molecule has 29 heavy (non-hydrogen) atoms. The normalized spacial score (nSPS) is 11.3. The van der Waals surface area contributed by atoms with Crippen LogP contribution in [-0.4, -0.2) is 25.0 Å². The molecule has 0 aliphatic heterocycles. The van der Waals surface area contributed by atoms with E-state index in [0.717, 1.165) is 27.8 Å². The largest absolute Gasteiger partial charge is 0.424 e. The number of rotatable bonds is 6. The predicted octanol–water partition coefficient (Wildman–Crippen LogP) is 5.69. The molecule has 0 fully saturated rings. The maximum Gasteiger partial charge on any atom is 0.226 e. The van der Waals surface area contributed by atoms with Crippen LogP contribution in [0.5, 0.6) is 0 Å². The van der Waals surface area contributed by atoms with Crippen molar-refractivity contribution in [2.45, 2.75) is 37.6 Å². The van der Waals surface area contributed by atoms with Crippen molar-refractivity contribution in [3.63, 3.8) is 0 Å². The molecule has 8 heteroatoms. The van der Waals surface area contributed by atoms with Gasteiger partial charge < -0.3 is 4.42 Å². The molecule has 2 aromatic heterocycles. The first-order valence-electron chi connectivity index (χ1n) is 9.24. The van der Waals surface area contributed by atoms with E-state index in [4.69, 9.17) is 16.0 Å². The van der Waals surface area contributed by atoms with Gasteiger partial charge in [0.1, 0.15) is 0 Å². The topological polar surface area (TPSA) is 69.6 Å². The van der Waals surface area contributed by atoms with Gasteiger partial charge in [-0.2, -0.15) is 0 Å². The molecule has 2 aromatic carbocycles. The third-order valence-electron chi connectivity index (χ3n) is 4.30. The van der Waals surface area contributed by atoms with Crippen molar-refractivity contribution in [1.29, 1.82) is 0 Å². The molecule has 0 aliphatic carbocycles. The smallest absolute Gasteiger partial charge is 0.226 e. The first-order valence-corrected chi connectivity index (χ1v) is 10.6. The van der Waals surface area contributed by atoms with E-state index in [2.05, 4.69) is 39.5 Å². The van der Waals surface area contributed by atoms with E-state index in [1.165, 1.54) is 11.8 Å². The third kappa shape index (κ3) is 4.36. The summed E-state index contributed by atoms with van der Waals surface area (Å²) in [6.45, 7) is 6.11. The number of hydrogen-bond donors (Lipinski definition) is 0. The molecule has 148 valence electrons. The Hall–Kier alpha value is -2.64. The molecule has 0 amide bonds. The number of nitrogens with zero attached hydrogens (tertiary/aromatic N) is 5. The second-order valence-corrected chi connectivity index (χ2v) is 8.34. The minimum absolute atomic E-state index is 0.203. The van der Waals surface area contributed by atoms with Crippen LogP contribution in [0.2, 0.25) is 5.02 Å². The van der Waals surface area contributed by atoms with Crippen LogP contribution in [0.15, 0.2) is 58.1 Å². The first kappa shape index (κ1) is 19.7. The Kier molecular flexibility index (Phi) is 5.69. The molecule has 0 radical (unpaired) electrons. The van der Waals surface area contributed by atoms with Crippen molar-refractivity contribution in [3.8, 4) is 17.1 Å². The summed E-state index contributed by atoms with van der Waals surface area (Å²) in [6.07, 6.45) is 0. The summed E-state index contributed by atoms with van der Waals surface area (Å²) in [5.41, 5.74) is 3.10. The molecule has 6 nitrogen and oxygen atoms in total. The number of hydrogen-bond acceptors (Lipinski definition) is 6. The van der Waals surface area contributed by atoms with Gasteiger partial charge in [0.05, 0.1) is 5.75 Å². The van der Waals surface area contributed by atoms with E-state index < -0.39 is 0 Å². The second-order valence-electron chi connectivity index (χ2n) is 6.96. The number of thioether (sulfide) groups is 1. The Labute approximate surface area is 178 Å². The second kappa shape index (κ2) is 8.39. The van der Waals surface area contributed by atoms with Gasteiger partial charge >= 0.3 is 0 Å². The van der Waals surface area contributed by atoms with Gasteiger partial charge in [-0.15, -0.1) is 20.4 Å². The predicted molar refractivity (Wildman–Crippen MR) is 114 cm³/mol. The summed E-state index contributed by atoms with van der Waals surface area (Å²) >= 11 is 7.56. The quantitative estimate of drug-likeness (QED) is 0.369. The van der Waals surface area contributed by atoms with Crippen molar-refractivity contribution in [1.82, 2.24) is 25.0 Å². The maximum absolute atomic E-state index is 6.05. The lowest BCUT2D eigenvalue weighted by atomic mass is 10.2. The lowest BCUT2D eigenvalue weighted by Gasteiger charge is -2.11. The molecule has 0 bridgehead atoms.